The normalized spacial score (nSPS) is 17.6. The summed E-state index contributed by atoms with van der Waals surface area (Å²) in [5, 5.41) is 10.8. The summed E-state index contributed by atoms with van der Waals surface area (Å²) in [5.41, 5.74) is 3.21. The third-order valence-electron chi connectivity index (χ3n) is 3.72. The van der Waals surface area contributed by atoms with Crippen LogP contribution in [0.2, 0.25) is 5.02 Å². The molecule has 0 radical (unpaired) electrons. The van der Waals surface area contributed by atoms with E-state index in [4.69, 9.17) is 16.3 Å². The zero-order valence-electron chi connectivity index (χ0n) is 11.2. The van der Waals surface area contributed by atoms with E-state index < -0.39 is 0 Å². The molecular weight excluding hydrogens is 272 g/mol. The molecule has 0 bridgehead atoms. The quantitative estimate of drug-likeness (QED) is 0.913. The zero-order chi connectivity index (χ0) is 13.9. The van der Waals surface area contributed by atoms with Gasteiger partial charge in [-0.2, -0.15) is 0 Å². The highest BCUT2D eigenvalue weighted by molar-refractivity contribution is 6.30. The molecule has 1 unspecified atom stereocenters. The van der Waals surface area contributed by atoms with Crippen molar-refractivity contribution in [3.05, 3.63) is 64.2 Å². The predicted molar refractivity (Wildman–Crippen MR) is 80.1 cm³/mol. The van der Waals surface area contributed by atoms with Gasteiger partial charge in [0, 0.05) is 5.02 Å². The van der Waals surface area contributed by atoms with Crippen LogP contribution in [-0.4, -0.2) is 5.11 Å². The number of benzene rings is 2. The van der Waals surface area contributed by atoms with Crippen LogP contribution in [0.4, 0.5) is 0 Å². The predicted octanol–water partition coefficient (Wildman–Crippen LogP) is 4.29. The van der Waals surface area contributed by atoms with Crippen LogP contribution in [0.3, 0.4) is 0 Å². The average Bonchev–Trinajstić information content (AvgIpc) is 2.46. The van der Waals surface area contributed by atoms with Crippen molar-refractivity contribution >= 4 is 11.6 Å². The highest BCUT2D eigenvalue weighted by Crippen LogP contribution is 2.35. The first-order valence-electron chi connectivity index (χ1n) is 6.91. The van der Waals surface area contributed by atoms with Crippen molar-refractivity contribution in [3.8, 4) is 5.75 Å². The van der Waals surface area contributed by atoms with Gasteiger partial charge in [-0.05, 0) is 54.2 Å². The lowest BCUT2D eigenvalue weighted by Gasteiger charge is -2.23. The van der Waals surface area contributed by atoms with Gasteiger partial charge in [-0.25, -0.2) is 0 Å². The molecule has 0 aromatic heterocycles. The van der Waals surface area contributed by atoms with Gasteiger partial charge in [-0.15, -0.1) is 0 Å². The topological polar surface area (TPSA) is 29.5 Å². The van der Waals surface area contributed by atoms with Crippen LogP contribution in [0, 0.1) is 0 Å². The largest absolute Gasteiger partial charge is 0.489 e. The number of hydrogen-bond acceptors (Lipinski definition) is 2. The molecule has 1 atom stereocenters. The van der Waals surface area contributed by atoms with E-state index in [2.05, 4.69) is 0 Å². The second kappa shape index (κ2) is 5.86. The Hall–Kier alpha value is -1.51. The maximum Gasteiger partial charge on any atom is 0.123 e. The minimum atomic E-state index is -0.353. The Morgan fingerprint density at radius 1 is 1.20 bits per heavy atom. The number of hydrogen-bond donors (Lipinski definition) is 1. The lowest BCUT2D eigenvalue weighted by Crippen LogP contribution is -2.11. The van der Waals surface area contributed by atoms with Gasteiger partial charge in [0.15, 0.2) is 0 Å². The Bertz CT molecular complexity index is 610. The molecule has 3 heteroatoms. The van der Waals surface area contributed by atoms with Crippen molar-refractivity contribution in [2.45, 2.75) is 32.0 Å². The van der Waals surface area contributed by atoms with Gasteiger partial charge in [0.25, 0.3) is 0 Å². The lowest BCUT2D eigenvalue weighted by atomic mass is 9.89. The molecule has 2 nitrogen and oxygen atoms in total. The fraction of sp³-hybridized carbons (Fsp3) is 0.294. The van der Waals surface area contributed by atoms with Gasteiger partial charge in [0.05, 0.1) is 6.10 Å². The Balaban J connectivity index is 1.80. The van der Waals surface area contributed by atoms with Crippen molar-refractivity contribution in [3.63, 3.8) is 0 Å². The summed E-state index contributed by atoms with van der Waals surface area (Å²) in [6.45, 7) is 0.493. The molecule has 1 N–H and O–H groups in total. The van der Waals surface area contributed by atoms with E-state index in [0.29, 0.717) is 6.61 Å². The molecule has 0 spiro atoms. The second-order valence-corrected chi connectivity index (χ2v) is 5.59. The second-order valence-electron chi connectivity index (χ2n) is 5.15. The Labute approximate surface area is 124 Å². The van der Waals surface area contributed by atoms with E-state index >= 15 is 0 Å². The number of aliphatic hydroxyl groups excluding tert-OH is 1. The monoisotopic (exact) mass is 288 g/mol. The molecule has 3 rings (SSSR count). The van der Waals surface area contributed by atoms with Crippen LogP contribution in [-0.2, 0) is 13.0 Å². The highest BCUT2D eigenvalue weighted by atomic mass is 35.5. The number of aliphatic hydroxyl groups is 1. The molecule has 1 aliphatic rings. The molecule has 1 aliphatic carbocycles. The maximum atomic E-state index is 10.0. The van der Waals surface area contributed by atoms with Gasteiger partial charge in [-0.1, -0.05) is 35.9 Å². The number of fused-ring (bicyclic) bond motifs is 1. The molecule has 20 heavy (non-hydrogen) atoms. The van der Waals surface area contributed by atoms with Gasteiger partial charge in [0.2, 0.25) is 0 Å². The van der Waals surface area contributed by atoms with Gasteiger partial charge in [-0.3, -0.25) is 0 Å². The molecule has 0 heterocycles. The number of ether oxygens (including phenoxy) is 1. The Morgan fingerprint density at radius 3 is 2.90 bits per heavy atom. The van der Waals surface area contributed by atoms with Crippen LogP contribution in [0.15, 0.2) is 42.5 Å². The van der Waals surface area contributed by atoms with E-state index in [9.17, 15) is 5.11 Å². The van der Waals surface area contributed by atoms with Crippen LogP contribution >= 0.6 is 11.6 Å². The van der Waals surface area contributed by atoms with Crippen LogP contribution in [0.25, 0.3) is 0 Å². The minimum Gasteiger partial charge on any atom is -0.489 e. The molecule has 0 saturated heterocycles. The summed E-state index contributed by atoms with van der Waals surface area (Å²) in [5.74, 6) is 0.876. The third-order valence-corrected chi connectivity index (χ3v) is 3.95. The maximum absolute atomic E-state index is 10.0. The van der Waals surface area contributed by atoms with E-state index in [1.54, 1.807) is 0 Å². The summed E-state index contributed by atoms with van der Waals surface area (Å²) >= 11 is 5.97. The van der Waals surface area contributed by atoms with Crippen molar-refractivity contribution in [1.29, 1.82) is 0 Å². The highest BCUT2D eigenvalue weighted by Gasteiger charge is 2.20. The average molecular weight is 289 g/mol. The first-order valence-corrected chi connectivity index (χ1v) is 7.29. The minimum absolute atomic E-state index is 0.353. The van der Waals surface area contributed by atoms with Crippen LogP contribution in [0.1, 0.15) is 35.6 Å². The molecule has 104 valence electrons. The first-order chi connectivity index (χ1) is 9.74. The smallest absolute Gasteiger partial charge is 0.123 e. The van der Waals surface area contributed by atoms with E-state index in [1.165, 1.54) is 0 Å². The fourth-order valence-corrected chi connectivity index (χ4v) is 2.93. The Morgan fingerprint density at radius 2 is 2.05 bits per heavy atom. The molecule has 0 aliphatic heterocycles. The van der Waals surface area contributed by atoms with Gasteiger partial charge < -0.3 is 9.84 Å². The van der Waals surface area contributed by atoms with Crippen molar-refractivity contribution in [2.24, 2.45) is 0 Å². The van der Waals surface area contributed by atoms with Crippen LogP contribution in [0.5, 0.6) is 5.75 Å². The van der Waals surface area contributed by atoms with E-state index in [0.717, 1.165) is 46.7 Å². The van der Waals surface area contributed by atoms with Crippen molar-refractivity contribution < 1.29 is 9.84 Å². The van der Waals surface area contributed by atoms with Crippen molar-refractivity contribution in [1.82, 2.24) is 0 Å². The SMILES string of the molecule is OC1CCCc2c(OCc3cccc(Cl)c3)cccc21. The first kappa shape index (κ1) is 13.5. The summed E-state index contributed by atoms with van der Waals surface area (Å²) < 4.78 is 5.92. The van der Waals surface area contributed by atoms with Gasteiger partial charge >= 0.3 is 0 Å². The standard InChI is InChI=1S/C17H17ClO2/c18-13-5-1-4-12(10-13)11-20-17-9-3-6-14-15(17)7-2-8-16(14)19/h1,3-6,9-10,16,19H,2,7-8,11H2. The molecule has 0 fully saturated rings. The zero-order valence-corrected chi connectivity index (χ0v) is 11.9. The molecule has 2 aromatic carbocycles. The molecular formula is C17H17ClO2. The summed E-state index contributed by atoms with van der Waals surface area (Å²) in [7, 11) is 0. The third kappa shape index (κ3) is 2.82. The summed E-state index contributed by atoms with van der Waals surface area (Å²) in [4.78, 5) is 0. The molecule has 0 saturated carbocycles. The summed E-state index contributed by atoms with van der Waals surface area (Å²) in [6, 6.07) is 13.6. The van der Waals surface area contributed by atoms with Crippen molar-refractivity contribution in [2.75, 3.05) is 0 Å². The fourth-order valence-electron chi connectivity index (χ4n) is 2.71. The van der Waals surface area contributed by atoms with E-state index in [-0.39, 0.29) is 6.10 Å². The van der Waals surface area contributed by atoms with Crippen LogP contribution < -0.4 is 4.74 Å². The molecule has 0 amide bonds. The summed E-state index contributed by atoms with van der Waals surface area (Å²) in [6.07, 6.45) is 2.46. The lowest BCUT2D eigenvalue weighted by molar-refractivity contribution is 0.155. The Kier molecular flexibility index (Phi) is 3.95. The number of halogens is 1. The van der Waals surface area contributed by atoms with E-state index in [1.807, 2.05) is 42.5 Å². The molecule has 2 aromatic rings. The number of rotatable bonds is 3. The van der Waals surface area contributed by atoms with Gasteiger partial charge in [0.1, 0.15) is 12.4 Å².